The molecule has 87 heavy (non-hydrogen) atoms. The fourth-order valence-electron chi connectivity index (χ4n) is 10.8. The molecule has 6 rings (SSSR count). The van der Waals surface area contributed by atoms with Gasteiger partial charge in [-0.3, -0.25) is 19.4 Å². The van der Waals surface area contributed by atoms with Gasteiger partial charge in [-0.15, -0.1) is 22.7 Å². The van der Waals surface area contributed by atoms with Crippen molar-refractivity contribution in [2.45, 2.75) is 207 Å². The van der Waals surface area contributed by atoms with Crippen molar-refractivity contribution in [3.63, 3.8) is 0 Å². The Kier molecular flexibility index (Phi) is 41.2. The molecule has 0 radical (unpaired) electrons. The number of unbranched alkanes of at least 4 members (excludes halogenated alkanes) is 2. The van der Waals surface area contributed by atoms with Gasteiger partial charge >= 0.3 is 11.9 Å². The maximum absolute atomic E-state index is 12.6. The number of phenols is 1. The summed E-state index contributed by atoms with van der Waals surface area (Å²) in [6, 6.07) is 22.2. The third kappa shape index (κ3) is 33.7. The minimum atomic E-state index is -0.715. The standard InChI is InChI=1S/C39H53NO2S.C20H30O2.C19H25NOS/c1-3-5-6-7-8-9-10-11-12-13-14-15-16-17-18-19-20-26-39(41)42-38-25-21-23-34-33-35(27-28-37(34)38)40(30-4-2)31-29-36-24-22-32-43-36;1-2-3-4-5-6-7-8-9-10-11-12-13-14-15-16-17-18-19-20(21)22;1-2-11-20(12-10-17-6-4-13-22-17)16-8-9-18-15(14-16)5-3-7-19(18)21/h5-6,8-9,11-12,14-15,17-18,21-25,32,35H,3-4,7,10,13,16,19-20,26-31,33H2,1-2H3;3-4,6-7,9-10,12-13,15-16H,2,5,8,11,14,17-19H2,1H3,(H,21,22);3-7,13,16,21H,2,8-12,14H2,1H3/b6-5-,9-8-,12-11-,15-14-,18-17-;4-3-,7-6-,10-9-,13-12-,16-15-;/t35-;;16-/m0.0/s1. The van der Waals surface area contributed by atoms with E-state index in [9.17, 15) is 14.7 Å². The van der Waals surface area contributed by atoms with E-state index in [0.29, 0.717) is 24.3 Å². The summed E-state index contributed by atoms with van der Waals surface area (Å²) in [7, 11) is 0. The number of ether oxygens (including phenoxy) is 1. The van der Waals surface area contributed by atoms with Crippen LogP contribution in [-0.2, 0) is 48.1 Å². The van der Waals surface area contributed by atoms with Crippen molar-refractivity contribution in [2.24, 2.45) is 0 Å². The van der Waals surface area contributed by atoms with Crippen LogP contribution < -0.4 is 4.74 Å². The Morgan fingerprint density at radius 3 is 1.31 bits per heavy atom. The molecular formula is C78H108N2O5S2. The van der Waals surface area contributed by atoms with Crippen LogP contribution in [0.3, 0.4) is 0 Å². The van der Waals surface area contributed by atoms with Gasteiger partial charge in [-0.2, -0.15) is 0 Å². The summed E-state index contributed by atoms with van der Waals surface area (Å²) in [6.45, 7) is 13.4. The normalized spacial score (nSPS) is 15.4. The number of carbonyl (C=O) groups is 2. The molecule has 0 saturated carbocycles. The van der Waals surface area contributed by atoms with Gasteiger partial charge in [0.05, 0.1) is 0 Å². The number of benzene rings is 2. The molecule has 0 amide bonds. The molecule has 2 aliphatic carbocycles. The Morgan fingerprint density at radius 1 is 0.494 bits per heavy atom. The molecule has 0 saturated heterocycles. The van der Waals surface area contributed by atoms with E-state index in [2.05, 4.69) is 212 Å². The number of rotatable bonds is 39. The van der Waals surface area contributed by atoms with Gasteiger partial charge in [0.2, 0.25) is 0 Å². The quantitative estimate of drug-likeness (QED) is 0.0199. The van der Waals surface area contributed by atoms with E-state index in [4.69, 9.17) is 9.84 Å². The summed E-state index contributed by atoms with van der Waals surface area (Å²) < 4.78 is 5.88. The van der Waals surface area contributed by atoms with E-state index >= 15 is 0 Å². The van der Waals surface area contributed by atoms with Gasteiger partial charge < -0.3 is 14.9 Å². The number of fused-ring (bicyclic) bond motifs is 2. The molecule has 0 unspecified atom stereocenters. The van der Waals surface area contributed by atoms with Gasteiger partial charge in [0, 0.05) is 47.8 Å². The van der Waals surface area contributed by atoms with E-state index < -0.39 is 5.97 Å². The third-order valence-corrected chi connectivity index (χ3v) is 17.3. The number of aromatic hydroxyl groups is 1. The first-order valence-corrected chi connectivity index (χ1v) is 34.9. The molecule has 0 bridgehead atoms. The van der Waals surface area contributed by atoms with Crippen molar-refractivity contribution in [3.8, 4) is 11.5 Å². The zero-order valence-electron chi connectivity index (χ0n) is 53.7. The highest BCUT2D eigenvalue weighted by Crippen LogP contribution is 2.33. The van der Waals surface area contributed by atoms with Crippen LogP contribution in [-0.4, -0.2) is 70.2 Å². The topological polar surface area (TPSA) is 90.3 Å². The number of aliphatic carboxylic acids is 1. The van der Waals surface area contributed by atoms with Crippen molar-refractivity contribution in [3.05, 3.63) is 225 Å². The van der Waals surface area contributed by atoms with Crippen molar-refractivity contribution >= 4 is 34.6 Å². The zero-order chi connectivity index (χ0) is 62.0. The van der Waals surface area contributed by atoms with Gasteiger partial charge in [0.15, 0.2) is 0 Å². The Bertz CT molecular complexity index is 2740. The first kappa shape index (κ1) is 73.4. The van der Waals surface area contributed by atoms with Crippen molar-refractivity contribution in [2.75, 3.05) is 26.2 Å². The summed E-state index contributed by atoms with van der Waals surface area (Å²) in [5.74, 6) is 0.423. The van der Waals surface area contributed by atoms with Crippen LogP contribution in [0.15, 0.2) is 193 Å². The van der Waals surface area contributed by atoms with E-state index in [1.165, 1.54) is 51.4 Å². The molecule has 7 nitrogen and oxygen atoms in total. The lowest BCUT2D eigenvalue weighted by molar-refractivity contribution is -0.137. The van der Waals surface area contributed by atoms with Crippen molar-refractivity contribution in [1.29, 1.82) is 0 Å². The molecule has 2 atom stereocenters. The molecule has 2 aliphatic rings. The maximum atomic E-state index is 12.6. The maximum Gasteiger partial charge on any atom is 0.311 e. The van der Waals surface area contributed by atoms with E-state index in [1.54, 1.807) is 0 Å². The van der Waals surface area contributed by atoms with E-state index in [0.717, 1.165) is 167 Å². The first-order valence-electron chi connectivity index (χ1n) is 33.1. The fourth-order valence-corrected chi connectivity index (χ4v) is 12.2. The lowest BCUT2D eigenvalue weighted by Crippen LogP contribution is -2.41. The van der Waals surface area contributed by atoms with Gasteiger partial charge in [-0.25, -0.2) is 0 Å². The third-order valence-electron chi connectivity index (χ3n) is 15.4. The Morgan fingerprint density at radius 2 is 0.897 bits per heavy atom. The van der Waals surface area contributed by atoms with Crippen LogP contribution >= 0.6 is 22.7 Å². The lowest BCUT2D eigenvalue weighted by Gasteiger charge is -2.35. The van der Waals surface area contributed by atoms with Crippen LogP contribution in [0.25, 0.3) is 0 Å². The molecule has 2 aromatic heterocycles. The molecule has 0 spiro atoms. The van der Waals surface area contributed by atoms with Gasteiger partial charge in [0.1, 0.15) is 11.5 Å². The second-order valence-electron chi connectivity index (χ2n) is 22.4. The number of hydrogen-bond donors (Lipinski definition) is 2. The highest BCUT2D eigenvalue weighted by Gasteiger charge is 2.27. The number of carboxylic acids is 1. The largest absolute Gasteiger partial charge is 0.508 e. The summed E-state index contributed by atoms with van der Waals surface area (Å²) in [5.41, 5.74) is 5.10. The first-order chi connectivity index (χ1) is 42.8. The average molecular weight is 1220 g/mol. The number of hydrogen-bond acceptors (Lipinski definition) is 8. The number of carboxylic acid groups (broad SMARTS) is 1. The molecule has 2 aromatic carbocycles. The second-order valence-corrected chi connectivity index (χ2v) is 24.5. The summed E-state index contributed by atoms with van der Waals surface area (Å²) in [5, 5.41) is 22.8. The molecule has 4 aromatic rings. The number of carbonyl (C=O) groups excluding carboxylic acids is 1. The molecule has 0 fully saturated rings. The number of esters is 1. The Labute approximate surface area is 535 Å². The lowest BCUT2D eigenvalue weighted by atomic mass is 9.86. The average Bonchev–Trinajstić information content (AvgIpc) is 4.49. The smallest absolute Gasteiger partial charge is 0.311 e. The van der Waals surface area contributed by atoms with Crippen molar-refractivity contribution < 1.29 is 24.5 Å². The van der Waals surface area contributed by atoms with Gasteiger partial charge in [0.25, 0.3) is 0 Å². The number of allylic oxidation sites excluding steroid dienone is 20. The summed E-state index contributed by atoms with van der Waals surface area (Å²) in [4.78, 5) is 31.2. The molecule has 472 valence electrons. The van der Waals surface area contributed by atoms with Crippen molar-refractivity contribution in [1.82, 2.24) is 9.80 Å². The number of nitrogens with zero attached hydrogens (tertiary/aromatic N) is 2. The van der Waals surface area contributed by atoms with Gasteiger partial charge in [-0.1, -0.05) is 186 Å². The van der Waals surface area contributed by atoms with E-state index in [-0.39, 0.29) is 12.4 Å². The predicted octanol–water partition coefficient (Wildman–Crippen LogP) is 20.6. The SMILES string of the molecule is CC/C=C\C/C=C\C/C=C\C/C=C\C/C=C\CCCC(=O)O.CC/C=C\C/C=C\C/C=C\C/C=C\C/C=C\CCCC(=O)Oc1cccc2c1CC[C@H](N(CCC)CCc1cccs1)C2.CCCN(CCc1cccs1)[C@H]1CCc2c(O)cccc2C1. The highest BCUT2D eigenvalue weighted by molar-refractivity contribution is 7.10. The van der Waals surface area contributed by atoms with Gasteiger partial charge in [-0.05, 0) is 224 Å². The fraction of sp³-hybridized carbons (Fsp3) is 0.462. The number of phenolic OH excluding ortho intramolecular Hbond substituents is 1. The second kappa shape index (κ2) is 48.9. The van der Waals surface area contributed by atoms with Crippen LogP contribution in [0, 0.1) is 0 Å². The Hall–Kier alpha value is -6.10. The highest BCUT2D eigenvalue weighted by atomic mass is 32.1. The summed E-state index contributed by atoms with van der Waals surface area (Å²) in [6.07, 6.45) is 68.7. The molecule has 2 heterocycles. The molecular weight excluding hydrogens is 1110 g/mol. The monoisotopic (exact) mass is 1220 g/mol. The van der Waals surface area contributed by atoms with Crippen LogP contribution in [0.4, 0.5) is 0 Å². The zero-order valence-corrected chi connectivity index (χ0v) is 55.3. The minimum Gasteiger partial charge on any atom is -0.508 e. The van der Waals surface area contributed by atoms with Crippen LogP contribution in [0.5, 0.6) is 11.5 Å². The molecule has 2 N–H and O–H groups in total. The molecule has 0 aliphatic heterocycles. The van der Waals surface area contributed by atoms with Crippen LogP contribution in [0.2, 0.25) is 0 Å². The number of thiophene rings is 2. The predicted molar refractivity (Wildman–Crippen MR) is 376 cm³/mol. The Balaban J connectivity index is 0.000000309. The summed E-state index contributed by atoms with van der Waals surface area (Å²) >= 11 is 3.72. The molecule has 9 heteroatoms. The van der Waals surface area contributed by atoms with E-state index in [1.807, 2.05) is 40.9 Å². The van der Waals surface area contributed by atoms with Crippen LogP contribution in [0.1, 0.15) is 188 Å². The minimum absolute atomic E-state index is 0.119.